The van der Waals surface area contributed by atoms with E-state index in [-0.39, 0.29) is 28.1 Å². The van der Waals surface area contributed by atoms with Gasteiger partial charge < -0.3 is 15.2 Å². The van der Waals surface area contributed by atoms with Gasteiger partial charge in [0.05, 0.1) is 17.9 Å². The van der Waals surface area contributed by atoms with Gasteiger partial charge in [0.1, 0.15) is 16.4 Å². The number of pyridine rings is 2. The maximum atomic E-state index is 13.6. The van der Waals surface area contributed by atoms with Crippen molar-refractivity contribution >= 4 is 39.7 Å². The molecule has 0 radical (unpaired) electrons. The number of rotatable bonds is 3. The molecule has 3 amide bonds. The highest BCUT2D eigenvalue weighted by atomic mass is 79.9. The van der Waals surface area contributed by atoms with E-state index in [9.17, 15) is 23.9 Å². The maximum absolute atomic E-state index is 13.6. The highest BCUT2D eigenvalue weighted by Gasteiger charge is 2.59. The molecule has 1 saturated heterocycles. The van der Waals surface area contributed by atoms with E-state index in [0.717, 1.165) is 16.5 Å². The number of carbonyl (C=O) groups is 3. The third-order valence-electron chi connectivity index (χ3n) is 6.80. The number of amides is 3. The molecule has 1 aliphatic carbocycles. The van der Waals surface area contributed by atoms with Crippen molar-refractivity contribution in [3.05, 3.63) is 52.3 Å². The molecule has 0 aromatic carbocycles. The highest BCUT2D eigenvalue weighted by Crippen LogP contribution is 2.54. The molecule has 2 fully saturated rings. The van der Waals surface area contributed by atoms with E-state index in [1.165, 1.54) is 12.3 Å². The second-order valence-electron chi connectivity index (χ2n) is 10.1. The van der Waals surface area contributed by atoms with Gasteiger partial charge in [-0.05, 0) is 69.3 Å². The lowest BCUT2D eigenvalue weighted by Crippen LogP contribution is -2.55. The van der Waals surface area contributed by atoms with Crippen LogP contribution in [0.1, 0.15) is 56.1 Å². The maximum Gasteiger partial charge on any atom is 0.420 e. The highest BCUT2D eigenvalue weighted by molar-refractivity contribution is 9.10. The summed E-state index contributed by atoms with van der Waals surface area (Å²) in [5, 5.41) is 12.6. The molecule has 2 N–H and O–H groups in total. The predicted molar refractivity (Wildman–Crippen MR) is 127 cm³/mol. The van der Waals surface area contributed by atoms with E-state index >= 15 is 0 Å². The van der Waals surface area contributed by atoms with Crippen LogP contribution in [0.5, 0.6) is 0 Å². The minimum Gasteiger partial charge on any atom is -0.465 e. The van der Waals surface area contributed by atoms with E-state index < -0.39 is 41.5 Å². The van der Waals surface area contributed by atoms with Gasteiger partial charge in [0.15, 0.2) is 5.82 Å². The average Bonchev–Trinajstić information content (AvgIpc) is 3.12. The van der Waals surface area contributed by atoms with Crippen LogP contribution in [-0.4, -0.2) is 50.2 Å². The molecule has 1 aliphatic heterocycles. The SMILES string of the molecule is CC1CC(c2ccncc2NC(=O)c2ccc(F)c(Br)n2)C(C(C)(C)C)C2C1OC(=O)N2C(=O)O. The van der Waals surface area contributed by atoms with Crippen molar-refractivity contribution in [2.75, 3.05) is 5.32 Å². The van der Waals surface area contributed by atoms with E-state index in [1.54, 1.807) is 12.3 Å². The number of hydrogen-bond donors (Lipinski definition) is 2. The van der Waals surface area contributed by atoms with E-state index in [4.69, 9.17) is 4.74 Å². The van der Waals surface area contributed by atoms with Gasteiger partial charge in [-0.2, -0.15) is 0 Å². The number of nitrogens with zero attached hydrogens (tertiary/aromatic N) is 3. The number of imide groups is 1. The molecule has 0 spiro atoms. The molecule has 5 unspecified atom stereocenters. The smallest absolute Gasteiger partial charge is 0.420 e. The molecule has 2 aromatic heterocycles. The Morgan fingerprint density at radius 1 is 1.29 bits per heavy atom. The van der Waals surface area contributed by atoms with Crippen molar-refractivity contribution in [3.63, 3.8) is 0 Å². The van der Waals surface area contributed by atoms with Crippen LogP contribution >= 0.6 is 15.9 Å². The Bertz CT molecular complexity index is 1190. The molecule has 186 valence electrons. The van der Waals surface area contributed by atoms with Crippen LogP contribution in [0.15, 0.2) is 35.2 Å². The minimum absolute atomic E-state index is 0.0179. The van der Waals surface area contributed by atoms with Crippen LogP contribution in [0.25, 0.3) is 0 Å². The second-order valence-corrected chi connectivity index (χ2v) is 10.8. The van der Waals surface area contributed by atoms with Crippen LogP contribution in [0, 0.1) is 23.1 Å². The molecule has 35 heavy (non-hydrogen) atoms. The zero-order chi connectivity index (χ0) is 25.7. The van der Waals surface area contributed by atoms with Crippen LogP contribution in [0.4, 0.5) is 19.7 Å². The first-order valence-corrected chi connectivity index (χ1v) is 12.0. The summed E-state index contributed by atoms with van der Waals surface area (Å²) in [5.41, 5.74) is 0.814. The van der Waals surface area contributed by atoms with Gasteiger partial charge in [0.25, 0.3) is 5.91 Å². The molecule has 11 heteroatoms. The van der Waals surface area contributed by atoms with Gasteiger partial charge in [0, 0.05) is 6.20 Å². The van der Waals surface area contributed by atoms with Crippen molar-refractivity contribution in [2.24, 2.45) is 17.3 Å². The number of fused-ring (bicyclic) bond motifs is 1. The summed E-state index contributed by atoms with van der Waals surface area (Å²) in [6.45, 7) is 7.93. The third-order valence-corrected chi connectivity index (χ3v) is 7.36. The first-order chi connectivity index (χ1) is 16.4. The first kappa shape index (κ1) is 25.0. The summed E-state index contributed by atoms with van der Waals surface area (Å²) in [5.74, 6) is -1.77. The van der Waals surface area contributed by atoms with E-state index in [0.29, 0.717) is 12.1 Å². The van der Waals surface area contributed by atoms with Gasteiger partial charge in [-0.1, -0.05) is 27.7 Å². The monoisotopic (exact) mass is 548 g/mol. The van der Waals surface area contributed by atoms with Gasteiger partial charge in [0.2, 0.25) is 0 Å². The number of anilines is 1. The quantitative estimate of drug-likeness (QED) is 0.500. The normalized spacial score (nSPS) is 26.2. The first-order valence-electron chi connectivity index (χ1n) is 11.2. The Balaban J connectivity index is 1.75. The topological polar surface area (TPSA) is 122 Å². The molecular formula is C24H26BrFN4O5. The number of aromatic nitrogens is 2. The molecule has 2 aromatic rings. The Labute approximate surface area is 210 Å². The molecule has 4 rings (SSSR count). The van der Waals surface area contributed by atoms with Crippen molar-refractivity contribution in [1.82, 2.24) is 14.9 Å². The van der Waals surface area contributed by atoms with Crippen LogP contribution in [-0.2, 0) is 4.74 Å². The summed E-state index contributed by atoms with van der Waals surface area (Å²) >= 11 is 2.99. The van der Waals surface area contributed by atoms with Crippen molar-refractivity contribution < 1.29 is 28.6 Å². The molecule has 3 heterocycles. The number of carboxylic acid groups (broad SMARTS) is 1. The lowest BCUT2D eigenvalue weighted by atomic mass is 9.59. The summed E-state index contributed by atoms with van der Waals surface area (Å²) < 4.78 is 19.0. The third kappa shape index (κ3) is 4.61. The average molecular weight is 549 g/mol. The Kier molecular flexibility index (Phi) is 6.56. The van der Waals surface area contributed by atoms with Crippen molar-refractivity contribution in [1.29, 1.82) is 0 Å². The fourth-order valence-electron chi connectivity index (χ4n) is 5.45. The van der Waals surface area contributed by atoms with Crippen LogP contribution in [0.2, 0.25) is 0 Å². The van der Waals surface area contributed by atoms with E-state index in [2.05, 4.69) is 31.2 Å². The molecule has 0 bridgehead atoms. The summed E-state index contributed by atoms with van der Waals surface area (Å²) in [6, 6.07) is 3.54. The Hall–Kier alpha value is -3.08. The van der Waals surface area contributed by atoms with Crippen molar-refractivity contribution in [3.8, 4) is 0 Å². The summed E-state index contributed by atoms with van der Waals surface area (Å²) in [7, 11) is 0. The lowest BCUT2D eigenvalue weighted by Gasteiger charge is -2.49. The number of hydrogen-bond acceptors (Lipinski definition) is 6. The van der Waals surface area contributed by atoms with Gasteiger partial charge in [-0.15, -0.1) is 0 Å². The molecular weight excluding hydrogens is 523 g/mol. The number of carbonyl (C=O) groups excluding carboxylic acids is 2. The Morgan fingerprint density at radius 2 is 2.00 bits per heavy atom. The van der Waals surface area contributed by atoms with Crippen LogP contribution in [0.3, 0.4) is 0 Å². The summed E-state index contributed by atoms with van der Waals surface area (Å²) in [6.07, 6.45) is 0.982. The number of ether oxygens (including phenoxy) is 1. The second kappa shape index (κ2) is 9.18. The lowest BCUT2D eigenvalue weighted by molar-refractivity contribution is -0.00611. The molecule has 1 saturated carbocycles. The zero-order valence-electron chi connectivity index (χ0n) is 19.7. The number of nitrogens with one attached hydrogen (secondary N) is 1. The standard InChI is InChI=1S/C24H26BrFN4O5/c1-11-9-13(17(24(2,3)4)18-19(11)35-23(34)30(18)22(32)33)12-7-8-27-10-16(12)29-21(31)15-6-5-14(26)20(25)28-15/h5-8,10-11,13,17-19H,9H2,1-4H3,(H,29,31)(H,32,33). The fraction of sp³-hybridized carbons (Fsp3) is 0.458. The van der Waals surface area contributed by atoms with Crippen LogP contribution < -0.4 is 5.32 Å². The largest absolute Gasteiger partial charge is 0.465 e. The summed E-state index contributed by atoms with van der Waals surface area (Å²) in [4.78, 5) is 46.3. The molecule has 9 nitrogen and oxygen atoms in total. The van der Waals surface area contributed by atoms with Crippen molar-refractivity contribution in [2.45, 2.75) is 52.2 Å². The predicted octanol–water partition coefficient (Wildman–Crippen LogP) is 5.28. The number of halogens is 2. The minimum atomic E-state index is -1.35. The Morgan fingerprint density at radius 3 is 2.63 bits per heavy atom. The van der Waals surface area contributed by atoms with Gasteiger partial charge in [-0.25, -0.2) is 23.9 Å². The molecule has 5 atom stereocenters. The van der Waals surface area contributed by atoms with E-state index in [1.807, 2.05) is 27.7 Å². The van der Waals surface area contributed by atoms with Gasteiger partial charge >= 0.3 is 12.2 Å². The van der Waals surface area contributed by atoms with Gasteiger partial charge in [-0.3, -0.25) is 9.78 Å². The fourth-order valence-corrected chi connectivity index (χ4v) is 5.78. The molecule has 2 aliphatic rings. The zero-order valence-corrected chi connectivity index (χ0v) is 21.2.